The number of nitrogens with zero attached hydrogens (tertiary/aromatic N) is 1. The fraction of sp³-hybridized carbons (Fsp3) is 0.158. The van der Waals surface area contributed by atoms with E-state index in [2.05, 4.69) is 21.2 Å². The second-order valence-electron chi connectivity index (χ2n) is 4.96. The van der Waals surface area contributed by atoms with Gasteiger partial charge in [-0.25, -0.2) is 0 Å². The molecule has 1 N–H and O–H groups in total. The van der Waals surface area contributed by atoms with E-state index < -0.39 is 5.91 Å². The number of amides is 1. The van der Waals surface area contributed by atoms with Crippen molar-refractivity contribution in [3.05, 3.63) is 69.7 Å². The number of nitrogens with one attached hydrogen (secondary N) is 1. The number of benzene rings is 2. The molecule has 0 unspecified atom stereocenters. The fourth-order valence-corrected chi connectivity index (χ4v) is 2.58. The van der Waals surface area contributed by atoms with Gasteiger partial charge in [-0.05, 0) is 52.2 Å². The summed E-state index contributed by atoms with van der Waals surface area (Å²) in [4.78, 5) is 12.2. The van der Waals surface area contributed by atoms with Gasteiger partial charge >= 0.3 is 0 Å². The van der Waals surface area contributed by atoms with Gasteiger partial charge in [-0.1, -0.05) is 36.4 Å². The van der Waals surface area contributed by atoms with E-state index in [0.717, 1.165) is 21.3 Å². The highest BCUT2D eigenvalue weighted by Gasteiger charge is 2.09. The summed E-state index contributed by atoms with van der Waals surface area (Å²) >= 11 is 3.42. The van der Waals surface area contributed by atoms with Crippen molar-refractivity contribution >= 4 is 27.9 Å². The summed E-state index contributed by atoms with van der Waals surface area (Å²) in [6, 6.07) is 16.9. The van der Waals surface area contributed by atoms with Crippen molar-refractivity contribution in [3.63, 3.8) is 0 Å². The Morgan fingerprint density at radius 3 is 2.67 bits per heavy atom. The van der Waals surface area contributed by atoms with Gasteiger partial charge in [-0.2, -0.15) is 5.26 Å². The summed E-state index contributed by atoms with van der Waals surface area (Å²) in [6.07, 6.45) is 1.56. The lowest BCUT2D eigenvalue weighted by molar-refractivity contribution is -0.117. The number of hydrogen-bond donors (Lipinski definition) is 1. The Morgan fingerprint density at radius 1 is 1.29 bits per heavy atom. The first kappa shape index (κ1) is 17.8. The van der Waals surface area contributed by atoms with Crippen LogP contribution in [0.15, 0.2) is 58.6 Å². The predicted octanol–water partition coefficient (Wildman–Crippen LogP) is 4.07. The lowest BCUT2D eigenvalue weighted by Crippen LogP contribution is -2.23. The predicted molar refractivity (Wildman–Crippen MR) is 97.2 cm³/mol. The van der Waals surface area contributed by atoms with Crippen LogP contribution in [0.3, 0.4) is 0 Å². The maximum atomic E-state index is 12.2. The van der Waals surface area contributed by atoms with E-state index in [-0.39, 0.29) is 5.57 Å². The average Bonchev–Trinajstić information content (AvgIpc) is 2.61. The molecule has 0 heterocycles. The van der Waals surface area contributed by atoms with E-state index in [4.69, 9.17) is 4.74 Å². The Kier molecular flexibility index (Phi) is 6.59. The third-order valence-electron chi connectivity index (χ3n) is 3.23. The van der Waals surface area contributed by atoms with Crippen LogP contribution in [-0.4, -0.2) is 12.5 Å². The molecule has 0 bridgehead atoms. The zero-order chi connectivity index (χ0) is 17.4. The van der Waals surface area contributed by atoms with Crippen molar-refractivity contribution in [2.45, 2.75) is 13.5 Å². The maximum absolute atomic E-state index is 12.2. The quantitative estimate of drug-likeness (QED) is 0.602. The van der Waals surface area contributed by atoms with E-state index in [1.54, 1.807) is 18.2 Å². The molecule has 0 spiro atoms. The standard InChI is InChI=1S/C19H17BrN2O2/c1-2-24-18-9-8-15(11-17(18)20)10-16(12-21)19(23)22-13-14-6-4-3-5-7-14/h3-11H,2,13H2,1H3,(H,22,23). The zero-order valence-corrected chi connectivity index (χ0v) is 14.8. The summed E-state index contributed by atoms with van der Waals surface area (Å²) in [5, 5.41) is 12.0. The van der Waals surface area contributed by atoms with Crippen LogP contribution >= 0.6 is 15.9 Å². The van der Waals surface area contributed by atoms with Gasteiger partial charge in [0.25, 0.3) is 5.91 Å². The highest BCUT2D eigenvalue weighted by molar-refractivity contribution is 9.10. The number of rotatable bonds is 6. The average molecular weight is 385 g/mol. The summed E-state index contributed by atoms with van der Waals surface area (Å²) < 4.78 is 6.22. The molecule has 2 aromatic carbocycles. The van der Waals surface area contributed by atoms with Gasteiger partial charge in [0.1, 0.15) is 17.4 Å². The van der Waals surface area contributed by atoms with Crippen LogP contribution in [0.5, 0.6) is 5.75 Å². The first-order chi connectivity index (χ1) is 11.6. The third kappa shape index (κ3) is 4.97. The largest absolute Gasteiger partial charge is 0.493 e. The minimum Gasteiger partial charge on any atom is -0.493 e. The first-order valence-electron chi connectivity index (χ1n) is 7.50. The van der Waals surface area contributed by atoms with Crippen LogP contribution in [0.4, 0.5) is 0 Å². The lowest BCUT2D eigenvalue weighted by atomic mass is 10.1. The van der Waals surface area contributed by atoms with Crippen molar-refractivity contribution in [3.8, 4) is 11.8 Å². The monoisotopic (exact) mass is 384 g/mol. The molecule has 0 saturated carbocycles. The van der Waals surface area contributed by atoms with Gasteiger partial charge in [-0.3, -0.25) is 4.79 Å². The molecule has 2 aromatic rings. The molecule has 0 radical (unpaired) electrons. The highest BCUT2D eigenvalue weighted by Crippen LogP contribution is 2.26. The van der Waals surface area contributed by atoms with Crippen LogP contribution in [0.1, 0.15) is 18.1 Å². The minimum atomic E-state index is -0.397. The van der Waals surface area contributed by atoms with Gasteiger partial charge in [0.05, 0.1) is 11.1 Å². The number of halogens is 1. The van der Waals surface area contributed by atoms with E-state index in [1.807, 2.05) is 49.4 Å². The molecule has 2 rings (SSSR count). The highest BCUT2D eigenvalue weighted by atomic mass is 79.9. The summed E-state index contributed by atoms with van der Waals surface area (Å²) in [7, 11) is 0. The second-order valence-corrected chi connectivity index (χ2v) is 5.82. The van der Waals surface area contributed by atoms with Crippen LogP contribution in [0, 0.1) is 11.3 Å². The Bertz CT molecular complexity index is 780. The number of nitriles is 1. The van der Waals surface area contributed by atoms with Crippen molar-refractivity contribution in [2.75, 3.05) is 6.61 Å². The van der Waals surface area contributed by atoms with Crippen LogP contribution in [0.2, 0.25) is 0 Å². The van der Waals surface area contributed by atoms with Crippen molar-refractivity contribution < 1.29 is 9.53 Å². The van der Waals surface area contributed by atoms with Gasteiger partial charge in [-0.15, -0.1) is 0 Å². The first-order valence-corrected chi connectivity index (χ1v) is 8.29. The van der Waals surface area contributed by atoms with Gasteiger partial charge in [0, 0.05) is 6.54 Å². The number of carbonyl (C=O) groups excluding carboxylic acids is 1. The lowest BCUT2D eigenvalue weighted by Gasteiger charge is -2.07. The van der Waals surface area contributed by atoms with E-state index in [0.29, 0.717) is 13.2 Å². The van der Waals surface area contributed by atoms with E-state index in [1.165, 1.54) is 0 Å². The molecule has 0 saturated heterocycles. The zero-order valence-electron chi connectivity index (χ0n) is 13.3. The Balaban J connectivity index is 2.09. The molecular formula is C19H17BrN2O2. The fourth-order valence-electron chi connectivity index (χ4n) is 2.07. The van der Waals surface area contributed by atoms with E-state index in [9.17, 15) is 10.1 Å². The normalized spacial score (nSPS) is 10.8. The number of carbonyl (C=O) groups is 1. The Morgan fingerprint density at radius 2 is 2.04 bits per heavy atom. The van der Waals surface area contributed by atoms with Gasteiger partial charge in [0.15, 0.2) is 0 Å². The molecule has 4 nitrogen and oxygen atoms in total. The SMILES string of the molecule is CCOc1ccc(C=C(C#N)C(=O)NCc2ccccc2)cc1Br. The second kappa shape index (κ2) is 8.90. The van der Waals surface area contributed by atoms with Crippen LogP contribution in [0.25, 0.3) is 6.08 Å². The summed E-state index contributed by atoms with van der Waals surface area (Å²) in [5.74, 6) is 0.327. The smallest absolute Gasteiger partial charge is 0.262 e. The molecule has 0 aliphatic rings. The number of hydrogen-bond acceptors (Lipinski definition) is 3. The van der Waals surface area contributed by atoms with Crippen molar-refractivity contribution in [1.82, 2.24) is 5.32 Å². The Hall–Kier alpha value is -2.58. The third-order valence-corrected chi connectivity index (χ3v) is 3.85. The summed E-state index contributed by atoms with van der Waals surface area (Å²) in [6.45, 7) is 2.86. The molecule has 0 atom stereocenters. The molecule has 1 amide bonds. The maximum Gasteiger partial charge on any atom is 0.262 e. The Labute approximate surface area is 149 Å². The van der Waals surface area contributed by atoms with Crippen molar-refractivity contribution in [2.24, 2.45) is 0 Å². The molecule has 0 aliphatic heterocycles. The number of ether oxygens (including phenoxy) is 1. The van der Waals surface area contributed by atoms with Crippen LogP contribution < -0.4 is 10.1 Å². The van der Waals surface area contributed by atoms with Crippen LogP contribution in [-0.2, 0) is 11.3 Å². The molecule has 0 aromatic heterocycles. The molecule has 0 fully saturated rings. The molecule has 122 valence electrons. The molecule has 0 aliphatic carbocycles. The van der Waals surface area contributed by atoms with Gasteiger partial charge in [0.2, 0.25) is 0 Å². The van der Waals surface area contributed by atoms with Crippen molar-refractivity contribution in [1.29, 1.82) is 5.26 Å². The minimum absolute atomic E-state index is 0.0574. The molecule has 5 heteroatoms. The molecule has 24 heavy (non-hydrogen) atoms. The molecular weight excluding hydrogens is 368 g/mol. The summed E-state index contributed by atoms with van der Waals surface area (Å²) in [5.41, 5.74) is 1.78. The topological polar surface area (TPSA) is 62.1 Å². The van der Waals surface area contributed by atoms with E-state index >= 15 is 0 Å². The van der Waals surface area contributed by atoms with Gasteiger partial charge < -0.3 is 10.1 Å².